The molecule has 1 fully saturated rings. The maximum Gasteiger partial charge on any atom is 0.103 e. The van der Waals surface area contributed by atoms with Gasteiger partial charge in [0.05, 0.1) is 11.3 Å². The number of fused-ring (bicyclic) bond motifs is 1. The fourth-order valence-corrected chi connectivity index (χ4v) is 5.04. The standard InChI is InChI=1S/C31H34N6/c1-4-28-27(9-8-23-6-5-7-24(18-23)21-37-16-14-36(3)15-17-37)31(25(19-32)20-34-28)35-29-10-11-30-26(22(29)2)12-13-33-30/h5-13,18,20,33H,4,14-17,21H2,1-3H3,(H,34,35)/b9-8+. The number of aryl methyl sites for hydroxylation is 2. The third-order valence-corrected chi connectivity index (χ3v) is 7.31. The lowest BCUT2D eigenvalue weighted by Gasteiger charge is -2.32. The van der Waals surface area contributed by atoms with Crippen LogP contribution in [-0.4, -0.2) is 53.0 Å². The van der Waals surface area contributed by atoms with Gasteiger partial charge in [-0.15, -0.1) is 0 Å². The van der Waals surface area contributed by atoms with Crippen molar-refractivity contribution in [1.29, 1.82) is 5.26 Å². The van der Waals surface area contributed by atoms with Crippen molar-refractivity contribution in [2.45, 2.75) is 26.8 Å². The Labute approximate surface area is 219 Å². The monoisotopic (exact) mass is 490 g/mol. The van der Waals surface area contributed by atoms with E-state index in [1.54, 1.807) is 6.20 Å². The molecule has 4 aromatic rings. The molecule has 37 heavy (non-hydrogen) atoms. The van der Waals surface area contributed by atoms with Crippen molar-refractivity contribution in [2.24, 2.45) is 0 Å². The van der Waals surface area contributed by atoms with Gasteiger partial charge in [-0.2, -0.15) is 5.26 Å². The largest absolute Gasteiger partial charge is 0.361 e. The van der Waals surface area contributed by atoms with Gasteiger partial charge in [0.15, 0.2) is 0 Å². The van der Waals surface area contributed by atoms with Gasteiger partial charge < -0.3 is 15.2 Å². The summed E-state index contributed by atoms with van der Waals surface area (Å²) in [5, 5.41) is 14.7. The highest BCUT2D eigenvalue weighted by molar-refractivity contribution is 5.90. The maximum atomic E-state index is 9.92. The number of benzene rings is 2. The van der Waals surface area contributed by atoms with Crippen molar-refractivity contribution >= 4 is 34.4 Å². The number of rotatable bonds is 7. The van der Waals surface area contributed by atoms with Crippen molar-refractivity contribution < 1.29 is 0 Å². The summed E-state index contributed by atoms with van der Waals surface area (Å²) in [6, 6.07) is 17.3. The predicted octanol–water partition coefficient (Wildman–Crippen LogP) is 5.97. The molecule has 0 radical (unpaired) electrons. The lowest BCUT2D eigenvalue weighted by molar-refractivity contribution is 0.148. The zero-order valence-corrected chi connectivity index (χ0v) is 21.9. The molecule has 6 nitrogen and oxygen atoms in total. The molecule has 0 amide bonds. The van der Waals surface area contributed by atoms with E-state index >= 15 is 0 Å². The molecular formula is C31H34N6. The molecule has 188 valence electrons. The second-order valence-corrected chi connectivity index (χ2v) is 9.83. The fraction of sp³-hybridized carbons (Fsp3) is 0.290. The molecule has 2 aromatic heterocycles. The molecule has 0 spiro atoms. The molecule has 0 atom stereocenters. The second kappa shape index (κ2) is 11.0. The van der Waals surface area contributed by atoms with E-state index in [2.05, 4.69) is 107 Å². The van der Waals surface area contributed by atoms with Gasteiger partial charge in [-0.25, -0.2) is 0 Å². The Balaban J connectivity index is 1.46. The minimum Gasteiger partial charge on any atom is -0.361 e. The van der Waals surface area contributed by atoms with Crippen LogP contribution in [-0.2, 0) is 13.0 Å². The number of aromatic nitrogens is 2. The molecule has 0 unspecified atom stereocenters. The maximum absolute atomic E-state index is 9.92. The molecule has 1 saturated heterocycles. The molecule has 6 heteroatoms. The molecule has 2 N–H and O–H groups in total. The number of nitrogens with one attached hydrogen (secondary N) is 2. The number of aromatic amines is 1. The molecule has 5 rings (SSSR count). The summed E-state index contributed by atoms with van der Waals surface area (Å²) < 4.78 is 0. The van der Waals surface area contributed by atoms with E-state index in [0.717, 1.165) is 78.4 Å². The van der Waals surface area contributed by atoms with Crippen LogP contribution in [0.5, 0.6) is 0 Å². The van der Waals surface area contributed by atoms with Crippen molar-refractivity contribution in [2.75, 3.05) is 38.5 Å². The highest BCUT2D eigenvalue weighted by Crippen LogP contribution is 2.32. The number of nitrogens with zero attached hydrogens (tertiary/aromatic N) is 4. The van der Waals surface area contributed by atoms with Gasteiger partial charge in [-0.3, -0.25) is 9.88 Å². The molecule has 0 bridgehead atoms. The normalized spacial score (nSPS) is 14.9. The summed E-state index contributed by atoms with van der Waals surface area (Å²) in [5.41, 5.74) is 8.96. The van der Waals surface area contributed by atoms with Gasteiger partial charge in [0, 0.05) is 73.0 Å². The number of nitriles is 1. The lowest BCUT2D eigenvalue weighted by Crippen LogP contribution is -2.43. The summed E-state index contributed by atoms with van der Waals surface area (Å²) in [6.45, 7) is 9.62. The molecule has 3 heterocycles. The first-order valence-corrected chi connectivity index (χ1v) is 13.0. The Morgan fingerprint density at radius 3 is 2.73 bits per heavy atom. The SMILES string of the molecule is CCc1ncc(C#N)c(Nc2ccc3[nH]ccc3c2C)c1/C=C/c1cccc(CN2CCN(C)CC2)c1. The van der Waals surface area contributed by atoms with Crippen LogP contribution in [0.4, 0.5) is 11.4 Å². The minimum atomic E-state index is 0.536. The van der Waals surface area contributed by atoms with Crippen molar-refractivity contribution in [3.8, 4) is 6.07 Å². The topological polar surface area (TPSA) is 71.0 Å². The summed E-state index contributed by atoms with van der Waals surface area (Å²) in [4.78, 5) is 12.8. The van der Waals surface area contributed by atoms with E-state index in [-0.39, 0.29) is 0 Å². The Hall–Kier alpha value is -3.92. The number of hydrogen-bond acceptors (Lipinski definition) is 5. The first kappa shape index (κ1) is 24.8. The van der Waals surface area contributed by atoms with Crippen LogP contribution in [0.15, 0.2) is 54.9 Å². The molecular weight excluding hydrogens is 456 g/mol. The number of pyridine rings is 1. The van der Waals surface area contributed by atoms with Crippen LogP contribution in [0.1, 0.15) is 40.4 Å². The van der Waals surface area contributed by atoms with Gasteiger partial charge in [-0.1, -0.05) is 43.3 Å². The predicted molar refractivity (Wildman–Crippen MR) is 153 cm³/mol. The van der Waals surface area contributed by atoms with E-state index < -0.39 is 0 Å². The van der Waals surface area contributed by atoms with Gasteiger partial charge in [0.2, 0.25) is 0 Å². The Bertz CT molecular complexity index is 1470. The molecule has 0 saturated carbocycles. The molecule has 2 aromatic carbocycles. The average Bonchev–Trinajstić information content (AvgIpc) is 3.40. The van der Waals surface area contributed by atoms with E-state index in [1.165, 1.54) is 10.9 Å². The van der Waals surface area contributed by atoms with Gasteiger partial charge in [-0.05, 0) is 55.3 Å². The Kier molecular flexibility index (Phi) is 7.36. The van der Waals surface area contributed by atoms with Gasteiger partial charge >= 0.3 is 0 Å². The first-order chi connectivity index (χ1) is 18.1. The summed E-state index contributed by atoms with van der Waals surface area (Å²) in [6.07, 6.45) is 8.65. The summed E-state index contributed by atoms with van der Waals surface area (Å²) >= 11 is 0. The molecule has 1 aliphatic heterocycles. The van der Waals surface area contributed by atoms with Crippen LogP contribution in [0.3, 0.4) is 0 Å². The highest BCUT2D eigenvalue weighted by Gasteiger charge is 2.16. The number of anilines is 2. The van der Waals surface area contributed by atoms with Gasteiger partial charge in [0.25, 0.3) is 0 Å². The third-order valence-electron chi connectivity index (χ3n) is 7.31. The zero-order valence-electron chi connectivity index (χ0n) is 21.9. The number of piperazine rings is 1. The third kappa shape index (κ3) is 5.43. The zero-order chi connectivity index (χ0) is 25.8. The van der Waals surface area contributed by atoms with Crippen LogP contribution in [0, 0.1) is 18.3 Å². The second-order valence-electron chi connectivity index (χ2n) is 9.83. The first-order valence-electron chi connectivity index (χ1n) is 13.0. The highest BCUT2D eigenvalue weighted by atomic mass is 15.2. The smallest absolute Gasteiger partial charge is 0.103 e. The van der Waals surface area contributed by atoms with E-state index in [9.17, 15) is 5.26 Å². The average molecular weight is 491 g/mol. The summed E-state index contributed by atoms with van der Waals surface area (Å²) in [5.74, 6) is 0. The van der Waals surface area contributed by atoms with E-state index in [4.69, 9.17) is 0 Å². The van der Waals surface area contributed by atoms with Gasteiger partial charge in [0.1, 0.15) is 6.07 Å². The van der Waals surface area contributed by atoms with Crippen LogP contribution >= 0.6 is 0 Å². The quantitative estimate of drug-likeness (QED) is 0.334. The number of H-pyrrole nitrogens is 1. The van der Waals surface area contributed by atoms with Crippen LogP contribution in [0.25, 0.3) is 23.1 Å². The van der Waals surface area contributed by atoms with Crippen LogP contribution < -0.4 is 5.32 Å². The van der Waals surface area contributed by atoms with E-state index in [1.807, 2.05) is 6.20 Å². The fourth-order valence-electron chi connectivity index (χ4n) is 5.04. The van der Waals surface area contributed by atoms with Crippen molar-refractivity contribution in [3.05, 3.63) is 88.4 Å². The lowest BCUT2D eigenvalue weighted by atomic mass is 10.0. The summed E-state index contributed by atoms with van der Waals surface area (Å²) in [7, 11) is 2.19. The number of hydrogen-bond donors (Lipinski definition) is 2. The van der Waals surface area contributed by atoms with E-state index in [0.29, 0.717) is 5.56 Å². The van der Waals surface area contributed by atoms with Crippen LogP contribution in [0.2, 0.25) is 0 Å². The minimum absolute atomic E-state index is 0.536. The Morgan fingerprint density at radius 2 is 1.95 bits per heavy atom. The molecule has 0 aliphatic carbocycles. The number of likely N-dealkylation sites (N-methyl/N-ethyl adjacent to an activating group) is 1. The van der Waals surface area contributed by atoms with Crippen molar-refractivity contribution in [3.63, 3.8) is 0 Å². The molecule has 1 aliphatic rings. The van der Waals surface area contributed by atoms with Crippen molar-refractivity contribution in [1.82, 2.24) is 19.8 Å². The Morgan fingerprint density at radius 1 is 1.11 bits per heavy atom.